The van der Waals surface area contributed by atoms with Crippen LogP contribution in [0.2, 0.25) is 0 Å². The van der Waals surface area contributed by atoms with Crippen LogP contribution in [0.15, 0.2) is 48.0 Å². The molecule has 1 amide bonds. The summed E-state index contributed by atoms with van der Waals surface area (Å²) in [6.07, 6.45) is 5.17. The number of hydrogen-bond donors (Lipinski definition) is 1. The van der Waals surface area contributed by atoms with Crippen molar-refractivity contribution in [1.29, 1.82) is 0 Å². The number of ether oxygens (including phenoxy) is 1. The number of carbonyl (C=O) groups excluding carboxylic acids is 1. The third-order valence-electron chi connectivity index (χ3n) is 3.27. The monoisotopic (exact) mass is 322 g/mol. The van der Waals surface area contributed by atoms with Gasteiger partial charge in [-0.3, -0.25) is 4.79 Å². The minimum Gasteiger partial charge on any atom is -0.481 e. The lowest BCUT2D eigenvalue weighted by Crippen LogP contribution is -2.22. The number of fused-ring (bicyclic) bond motifs is 1. The molecule has 0 bridgehead atoms. The lowest BCUT2D eigenvalue weighted by atomic mass is 10.2. The molecule has 1 heterocycles. The van der Waals surface area contributed by atoms with Crippen LogP contribution >= 0.6 is 11.3 Å². The number of carbonyl (C=O) groups is 1. The summed E-state index contributed by atoms with van der Waals surface area (Å²) in [6.45, 7) is 0.650. The van der Waals surface area contributed by atoms with Crippen molar-refractivity contribution in [2.45, 2.75) is 6.54 Å². The minimum absolute atomic E-state index is 0.116. The number of thiazole rings is 1. The molecule has 0 aliphatic carbocycles. The van der Waals surface area contributed by atoms with Crippen LogP contribution < -0.4 is 10.1 Å². The molecule has 0 spiro atoms. The molecule has 5 heteroatoms. The number of nitrogens with one attached hydrogen (secondary N) is 1. The van der Waals surface area contributed by atoms with Gasteiger partial charge < -0.3 is 10.1 Å². The minimum atomic E-state index is -0.116. The number of aromatic nitrogens is 1. The average Bonchev–Trinajstić information content (AvgIpc) is 3.06. The molecule has 0 atom stereocenters. The third kappa shape index (κ3) is 3.68. The summed E-state index contributed by atoms with van der Waals surface area (Å²) >= 11 is 1.52. The highest BCUT2D eigenvalue weighted by atomic mass is 32.1. The second-order valence-electron chi connectivity index (χ2n) is 4.86. The first-order valence-electron chi connectivity index (χ1n) is 7.03. The van der Waals surface area contributed by atoms with Gasteiger partial charge in [0.25, 0.3) is 5.91 Å². The Labute approximate surface area is 138 Å². The summed E-state index contributed by atoms with van der Waals surface area (Å²) < 4.78 is 6.37. The Balaban J connectivity index is 1.65. The summed E-state index contributed by atoms with van der Waals surface area (Å²) in [5.74, 6) is 3.00. The van der Waals surface area contributed by atoms with Gasteiger partial charge in [-0.25, -0.2) is 4.98 Å². The van der Waals surface area contributed by atoms with Crippen molar-refractivity contribution in [2.75, 3.05) is 6.61 Å². The van der Waals surface area contributed by atoms with Crippen LogP contribution in [-0.4, -0.2) is 17.5 Å². The Kier molecular flexibility index (Phi) is 4.55. The van der Waals surface area contributed by atoms with Crippen LogP contribution in [0.25, 0.3) is 10.2 Å². The van der Waals surface area contributed by atoms with Crippen LogP contribution in [0.1, 0.15) is 15.9 Å². The zero-order valence-corrected chi connectivity index (χ0v) is 13.1. The Bertz CT molecular complexity index is 880. The van der Waals surface area contributed by atoms with E-state index >= 15 is 0 Å². The first-order chi connectivity index (χ1) is 11.3. The lowest BCUT2D eigenvalue weighted by molar-refractivity contribution is 0.0951. The molecule has 0 aliphatic heterocycles. The predicted octanol–water partition coefficient (Wildman–Crippen LogP) is 3.24. The summed E-state index contributed by atoms with van der Waals surface area (Å²) in [5, 5.41) is 2.90. The molecule has 0 saturated heterocycles. The van der Waals surface area contributed by atoms with Gasteiger partial charge in [0, 0.05) is 12.1 Å². The quantitative estimate of drug-likeness (QED) is 0.734. The Morgan fingerprint density at radius 1 is 1.30 bits per heavy atom. The fourth-order valence-electron chi connectivity index (χ4n) is 2.15. The smallest absolute Gasteiger partial charge is 0.251 e. The molecule has 0 saturated carbocycles. The van der Waals surface area contributed by atoms with Gasteiger partial charge in [0.1, 0.15) is 12.4 Å². The normalized spacial score (nSPS) is 10.2. The van der Waals surface area contributed by atoms with Crippen molar-refractivity contribution in [2.24, 2.45) is 0 Å². The zero-order chi connectivity index (χ0) is 16.1. The van der Waals surface area contributed by atoms with E-state index in [-0.39, 0.29) is 12.5 Å². The maximum Gasteiger partial charge on any atom is 0.251 e. The van der Waals surface area contributed by atoms with E-state index < -0.39 is 0 Å². The molecule has 114 valence electrons. The highest BCUT2D eigenvalue weighted by Gasteiger charge is 2.07. The summed E-state index contributed by atoms with van der Waals surface area (Å²) in [7, 11) is 0. The molecule has 0 fully saturated rings. The van der Waals surface area contributed by atoms with Crippen molar-refractivity contribution in [3.8, 4) is 18.1 Å². The van der Waals surface area contributed by atoms with E-state index in [1.165, 1.54) is 11.3 Å². The average molecular weight is 322 g/mol. The lowest BCUT2D eigenvalue weighted by Gasteiger charge is -2.08. The van der Waals surface area contributed by atoms with Gasteiger partial charge in [-0.2, -0.15) is 0 Å². The highest BCUT2D eigenvalue weighted by Crippen LogP contribution is 2.19. The number of amides is 1. The number of benzene rings is 2. The molecule has 3 rings (SSSR count). The molecule has 23 heavy (non-hydrogen) atoms. The fourth-order valence-corrected chi connectivity index (χ4v) is 2.87. The van der Waals surface area contributed by atoms with Crippen LogP contribution in [0.4, 0.5) is 0 Å². The molecular formula is C18H14N2O2S. The Hall–Kier alpha value is -2.84. The van der Waals surface area contributed by atoms with Gasteiger partial charge in [0.15, 0.2) is 0 Å². The maximum atomic E-state index is 12.3. The fraction of sp³-hybridized carbons (Fsp3) is 0.111. The Morgan fingerprint density at radius 2 is 2.22 bits per heavy atom. The van der Waals surface area contributed by atoms with Crippen LogP contribution in [0.3, 0.4) is 0 Å². The van der Waals surface area contributed by atoms with E-state index in [1.807, 2.05) is 36.4 Å². The van der Waals surface area contributed by atoms with Crippen molar-refractivity contribution in [3.63, 3.8) is 0 Å². The first-order valence-corrected chi connectivity index (χ1v) is 7.91. The molecule has 2 aromatic carbocycles. The number of terminal acetylenes is 1. The summed E-state index contributed by atoms with van der Waals surface area (Å²) in [5.41, 5.74) is 4.26. The molecule has 0 unspecified atom stereocenters. The SMILES string of the molecule is C#CCOc1cccc(CNC(=O)c2ccc3ncsc3c2)c1. The van der Waals surface area contributed by atoms with Gasteiger partial charge in [-0.1, -0.05) is 18.1 Å². The van der Waals surface area contributed by atoms with Gasteiger partial charge in [0.05, 0.1) is 15.7 Å². The van der Waals surface area contributed by atoms with Gasteiger partial charge in [-0.05, 0) is 35.9 Å². The van der Waals surface area contributed by atoms with Gasteiger partial charge in [-0.15, -0.1) is 17.8 Å². The van der Waals surface area contributed by atoms with E-state index in [2.05, 4.69) is 16.2 Å². The highest BCUT2D eigenvalue weighted by molar-refractivity contribution is 7.16. The van der Waals surface area contributed by atoms with Crippen molar-refractivity contribution < 1.29 is 9.53 Å². The molecule has 4 nitrogen and oxygen atoms in total. The Morgan fingerprint density at radius 3 is 3.09 bits per heavy atom. The molecule has 1 N–H and O–H groups in total. The summed E-state index contributed by atoms with van der Waals surface area (Å²) in [6, 6.07) is 13.0. The number of rotatable bonds is 5. The van der Waals surface area contributed by atoms with E-state index in [0.29, 0.717) is 17.9 Å². The molecular weight excluding hydrogens is 308 g/mol. The molecule has 1 aromatic heterocycles. The maximum absolute atomic E-state index is 12.3. The van der Waals surface area contributed by atoms with Crippen molar-refractivity contribution in [3.05, 3.63) is 59.1 Å². The topological polar surface area (TPSA) is 51.2 Å². The van der Waals surface area contributed by atoms with E-state index in [4.69, 9.17) is 11.2 Å². The number of nitrogens with zero attached hydrogens (tertiary/aromatic N) is 1. The van der Waals surface area contributed by atoms with Crippen LogP contribution in [0.5, 0.6) is 5.75 Å². The molecule has 3 aromatic rings. The predicted molar refractivity (Wildman–Crippen MR) is 91.6 cm³/mol. The van der Waals surface area contributed by atoms with Gasteiger partial charge in [0.2, 0.25) is 0 Å². The third-order valence-corrected chi connectivity index (χ3v) is 4.06. The largest absolute Gasteiger partial charge is 0.481 e. The standard InChI is InChI=1S/C18H14N2O2S/c1-2-8-22-15-5-3-4-13(9-15)11-19-18(21)14-6-7-16-17(10-14)23-12-20-16/h1,3-7,9-10,12H,8,11H2,(H,19,21). The van der Waals surface area contributed by atoms with Crippen molar-refractivity contribution in [1.82, 2.24) is 10.3 Å². The van der Waals surface area contributed by atoms with Crippen LogP contribution in [-0.2, 0) is 6.54 Å². The zero-order valence-electron chi connectivity index (χ0n) is 12.3. The molecule has 0 radical (unpaired) electrons. The van der Waals surface area contributed by atoms with Crippen LogP contribution in [0, 0.1) is 12.3 Å². The van der Waals surface area contributed by atoms with E-state index in [1.54, 1.807) is 11.6 Å². The first kappa shape index (κ1) is 15.1. The van der Waals surface area contributed by atoms with Gasteiger partial charge >= 0.3 is 0 Å². The molecule has 0 aliphatic rings. The van der Waals surface area contributed by atoms with E-state index in [0.717, 1.165) is 15.8 Å². The second-order valence-corrected chi connectivity index (χ2v) is 5.74. The summed E-state index contributed by atoms with van der Waals surface area (Å²) in [4.78, 5) is 16.5. The number of hydrogen-bond acceptors (Lipinski definition) is 4. The van der Waals surface area contributed by atoms with E-state index in [9.17, 15) is 4.79 Å². The van der Waals surface area contributed by atoms with Crippen molar-refractivity contribution >= 4 is 27.5 Å². The second kappa shape index (κ2) is 6.95.